The van der Waals surface area contributed by atoms with Crippen LogP contribution in [0.1, 0.15) is 21.5 Å². The number of benzene rings is 2. The summed E-state index contributed by atoms with van der Waals surface area (Å²) < 4.78 is 11.0. The minimum absolute atomic E-state index is 0.244. The fourth-order valence-electron chi connectivity index (χ4n) is 2.43. The predicted molar refractivity (Wildman–Crippen MR) is 84.4 cm³/mol. The molecule has 3 rings (SSSR count). The summed E-state index contributed by atoms with van der Waals surface area (Å²) in [4.78, 5) is 24.7. The van der Waals surface area contributed by atoms with Crippen LogP contribution < -0.4 is 4.74 Å². The first-order valence-corrected chi connectivity index (χ1v) is 7.43. The quantitative estimate of drug-likeness (QED) is 0.818. The van der Waals surface area contributed by atoms with E-state index in [2.05, 4.69) is 0 Å². The Morgan fingerprint density at radius 2 is 2.04 bits per heavy atom. The molecule has 1 amide bonds. The molecule has 0 unspecified atom stereocenters. The van der Waals surface area contributed by atoms with Gasteiger partial charge in [0.05, 0.1) is 13.1 Å². The Balaban J connectivity index is 1.65. The zero-order valence-corrected chi connectivity index (χ0v) is 12.6. The Morgan fingerprint density at radius 3 is 2.83 bits per heavy atom. The van der Waals surface area contributed by atoms with Gasteiger partial charge in [0.2, 0.25) is 0 Å². The van der Waals surface area contributed by atoms with Gasteiger partial charge in [0.1, 0.15) is 25.2 Å². The molecular formula is C18H17NO4. The molecule has 23 heavy (non-hydrogen) atoms. The summed E-state index contributed by atoms with van der Waals surface area (Å²) in [6.45, 7) is 1.46. The summed E-state index contributed by atoms with van der Waals surface area (Å²) in [7, 11) is 0. The predicted octanol–water partition coefficient (Wildman–Crippen LogP) is 3.03. The molecule has 1 heterocycles. The fraction of sp³-hybridized carbons (Fsp3) is 0.222. The molecule has 5 heteroatoms. The third-order valence-corrected chi connectivity index (χ3v) is 3.67. The van der Waals surface area contributed by atoms with E-state index in [1.165, 1.54) is 0 Å². The molecule has 0 radical (unpaired) electrons. The van der Waals surface area contributed by atoms with Gasteiger partial charge in [-0.15, -0.1) is 0 Å². The molecule has 0 aromatic heterocycles. The number of hydrogen-bond donors (Lipinski definition) is 0. The number of nitrogens with zero attached hydrogens (tertiary/aromatic N) is 1. The first kappa shape index (κ1) is 15.1. The van der Waals surface area contributed by atoms with Crippen molar-refractivity contribution >= 4 is 12.4 Å². The minimum atomic E-state index is -0.371. The fourth-order valence-corrected chi connectivity index (χ4v) is 2.43. The van der Waals surface area contributed by atoms with Crippen molar-refractivity contribution in [2.75, 3.05) is 13.2 Å². The lowest BCUT2D eigenvalue weighted by Crippen LogP contribution is -2.32. The van der Waals surface area contributed by atoms with Gasteiger partial charge in [-0.2, -0.15) is 0 Å². The molecule has 0 aliphatic carbocycles. The number of carbonyl (C=O) groups is 2. The maximum absolute atomic E-state index is 12.2. The van der Waals surface area contributed by atoms with E-state index in [1.54, 1.807) is 17.0 Å². The summed E-state index contributed by atoms with van der Waals surface area (Å²) in [5.41, 5.74) is 2.37. The Labute approximate surface area is 134 Å². The van der Waals surface area contributed by atoms with Crippen molar-refractivity contribution in [2.45, 2.75) is 13.2 Å². The molecule has 0 saturated heterocycles. The number of fused-ring (bicyclic) bond motifs is 1. The van der Waals surface area contributed by atoms with Crippen molar-refractivity contribution in [1.82, 2.24) is 4.90 Å². The summed E-state index contributed by atoms with van der Waals surface area (Å²) in [6.07, 6.45) is 0.408. The standard InChI is InChI=1S/C18H17NO4/c20-12-15-6-7-16-11-19(8-9-22-17(16)10-15)18(21)23-13-14-4-2-1-3-5-14/h1-7,10,12H,8-9,11,13H2. The van der Waals surface area contributed by atoms with Gasteiger partial charge in [0.25, 0.3) is 0 Å². The second-order valence-corrected chi connectivity index (χ2v) is 5.30. The molecule has 2 aromatic rings. The van der Waals surface area contributed by atoms with Gasteiger partial charge in [-0.1, -0.05) is 42.5 Å². The highest BCUT2D eigenvalue weighted by Crippen LogP contribution is 2.24. The van der Waals surface area contributed by atoms with E-state index in [4.69, 9.17) is 9.47 Å². The van der Waals surface area contributed by atoms with Crippen LogP contribution in [0.3, 0.4) is 0 Å². The lowest BCUT2D eigenvalue weighted by Gasteiger charge is -2.19. The highest BCUT2D eigenvalue weighted by molar-refractivity contribution is 5.76. The second-order valence-electron chi connectivity index (χ2n) is 5.30. The Hall–Kier alpha value is -2.82. The maximum atomic E-state index is 12.2. The summed E-state index contributed by atoms with van der Waals surface area (Å²) in [5, 5.41) is 0. The van der Waals surface area contributed by atoms with Crippen LogP contribution in [0.4, 0.5) is 4.79 Å². The van der Waals surface area contributed by atoms with Gasteiger partial charge in [-0.25, -0.2) is 4.79 Å². The van der Waals surface area contributed by atoms with Crippen LogP contribution in [-0.4, -0.2) is 30.4 Å². The zero-order chi connectivity index (χ0) is 16.1. The normalized spacial score (nSPS) is 13.5. The first-order chi connectivity index (χ1) is 11.3. The van der Waals surface area contributed by atoms with Gasteiger partial charge < -0.3 is 14.4 Å². The third kappa shape index (κ3) is 3.69. The van der Waals surface area contributed by atoms with Crippen molar-refractivity contribution in [3.8, 4) is 5.75 Å². The van der Waals surface area contributed by atoms with Crippen LogP contribution in [0, 0.1) is 0 Å². The maximum Gasteiger partial charge on any atom is 0.410 e. The molecule has 2 aromatic carbocycles. The highest BCUT2D eigenvalue weighted by atomic mass is 16.6. The average molecular weight is 311 g/mol. The van der Waals surface area contributed by atoms with Gasteiger partial charge in [0, 0.05) is 11.1 Å². The van der Waals surface area contributed by atoms with Gasteiger partial charge in [-0.3, -0.25) is 4.79 Å². The van der Waals surface area contributed by atoms with Crippen LogP contribution in [0.25, 0.3) is 0 Å². The van der Waals surface area contributed by atoms with E-state index in [0.29, 0.717) is 31.0 Å². The van der Waals surface area contributed by atoms with Crippen LogP contribution in [0.15, 0.2) is 48.5 Å². The van der Waals surface area contributed by atoms with E-state index in [1.807, 2.05) is 36.4 Å². The molecule has 118 valence electrons. The van der Waals surface area contributed by atoms with Gasteiger partial charge in [-0.05, 0) is 11.6 Å². The number of amides is 1. The molecule has 0 saturated carbocycles. The highest BCUT2D eigenvalue weighted by Gasteiger charge is 2.21. The van der Waals surface area contributed by atoms with E-state index in [0.717, 1.165) is 17.4 Å². The molecule has 1 aliphatic heterocycles. The van der Waals surface area contributed by atoms with Crippen LogP contribution in [0.5, 0.6) is 5.75 Å². The van der Waals surface area contributed by atoms with Gasteiger partial charge >= 0.3 is 6.09 Å². The third-order valence-electron chi connectivity index (χ3n) is 3.67. The number of carbonyl (C=O) groups excluding carboxylic acids is 2. The Morgan fingerprint density at radius 1 is 1.22 bits per heavy atom. The van der Waals surface area contributed by atoms with E-state index >= 15 is 0 Å². The monoisotopic (exact) mass is 311 g/mol. The lowest BCUT2D eigenvalue weighted by atomic mass is 10.1. The minimum Gasteiger partial charge on any atom is -0.491 e. The number of hydrogen-bond acceptors (Lipinski definition) is 4. The van der Waals surface area contributed by atoms with Crippen molar-refractivity contribution in [2.24, 2.45) is 0 Å². The number of ether oxygens (including phenoxy) is 2. The topological polar surface area (TPSA) is 55.8 Å². The van der Waals surface area contributed by atoms with Crippen LogP contribution in [-0.2, 0) is 17.9 Å². The molecular weight excluding hydrogens is 294 g/mol. The summed E-state index contributed by atoms with van der Waals surface area (Å²) in [5.74, 6) is 0.646. The summed E-state index contributed by atoms with van der Waals surface area (Å²) >= 11 is 0. The van der Waals surface area contributed by atoms with E-state index in [9.17, 15) is 9.59 Å². The summed E-state index contributed by atoms with van der Waals surface area (Å²) in [6, 6.07) is 14.8. The molecule has 0 fully saturated rings. The lowest BCUT2D eigenvalue weighted by molar-refractivity contribution is 0.0913. The number of aldehydes is 1. The van der Waals surface area contributed by atoms with Crippen molar-refractivity contribution in [3.05, 3.63) is 65.2 Å². The van der Waals surface area contributed by atoms with Crippen LogP contribution >= 0.6 is 0 Å². The SMILES string of the molecule is O=Cc1ccc2c(c1)OCCN(C(=O)OCc1ccccc1)C2. The van der Waals surface area contributed by atoms with Crippen molar-refractivity contribution in [1.29, 1.82) is 0 Å². The smallest absolute Gasteiger partial charge is 0.410 e. The van der Waals surface area contributed by atoms with Gasteiger partial charge in [0.15, 0.2) is 0 Å². The van der Waals surface area contributed by atoms with E-state index in [-0.39, 0.29) is 12.7 Å². The van der Waals surface area contributed by atoms with E-state index < -0.39 is 0 Å². The molecule has 0 atom stereocenters. The zero-order valence-electron chi connectivity index (χ0n) is 12.6. The van der Waals surface area contributed by atoms with Crippen molar-refractivity contribution in [3.63, 3.8) is 0 Å². The molecule has 0 bridgehead atoms. The Bertz CT molecular complexity index is 699. The molecule has 0 spiro atoms. The first-order valence-electron chi connectivity index (χ1n) is 7.43. The van der Waals surface area contributed by atoms with Crippen molar-refractivity contribution < 1.29 is 19.1 Å². The molecule has 1 aliphatic rings. The average Bonchev–Trinajstić information content (AvgIpc) is 2.82. The largest absolute Gasteiger partial charge is 0.491 e. The molecule has 0 N–H and O–H groups in total. The molecule has 5 nitrogen and oxygen atoms in total. The Kier molecular flexibility index (Phi) is 4.57. The second kappa shape index (κ2) is 6.96. The number of rotatable bonds is 3. The van der Waals surface area contributed by atoms with Crippen LogP contribution in [0.2, 0.25) is 0 Å².